The summed E-state index contributed by atoms with van der Waals surface area (Å²) in [7, 11) is 0. The Morgan fingerprint density at radius 3 is 1.00 bits per heavy atom. The van der Waals surface area contributed by atoms with Gasteiger partial charge in [-0.2, -0.15) is 0 Å². The third-order valence-electron chi connectivity index (χ3n) is 0. The number of halogens is 3. The van der Waals surface area contributed by atoms with E-state index in [1.807, 2.05) is 0 Å². The Bertz CT molecular complexity index is 11.6. The summed E-state index contributed by atoms with van der Waals surface area (Å²) in [5.41, 5.74) is 0. The van der Waals surface area contributed by atoms with Crippen LogP contribution in [0.25, 0.3) is 0 Å². The molecule has 0 spiro atoms. The van der Waals surface area contributed by atoms with Crippen LogP contribution >= 0.6 is 59.9 Å². The van der Waals surface area contributed by atoms with Gasteiger partial charge in [0, 0.05) is 51.4 Å². The molecule has 0 unspecified atom stereocenters. The summed E-state index contributed by atoms with van der Waals surface area (Å²) in [4.78, 5) is -0.278. The van der Waals surface area contributed by atoms with Crippen LogP contribution in [0.5, 0.6) is 0 Å². The normalized spacial score (nSPS) is 7.20. The van der Waals surface area contributed by atoms with Crippen LogP contribution in [-0.2, 0) is 4.92 Å². The molecule has 0 rings (SSSR count). The minimum absolute atomic E-state index is 0. The van der Waals surface area contributed by atoms with E-state index in [2.05, 4.69) is 59.9 Å². The predicted molar refractivity (Wildman–Crippen MR) is 47.8 cm³/mol. The fourth-order valence-electron chi connectivity index (χ4n) is 0. The quantitative estimate of drug-likeness (QED) is 0.376. The average Bonchev–Trinajstić information content (AvgIpc) is 0.811. The van der Waals surface area contributed by atoms with Crippen molar-refractivity contribution in [3.63, 3.8) is 0 Å². The van der Waals surface area contributed by atoms with Gasteiger partial charge in [-0.05, 0) is 0 Å². The molecule has 0 N–H and O–H groups in total. The number of hydrogen-bond donors (Lipinski definition) is 0. The summed E-state index contributed by atoms with van der Waals surface area (Å²) in [6, 6.07) is 0. The van der Waals surface area contributed by atoms with Crippen molar-refractivity contribution in [3.05, 3.63) is 0 Å². The molecule has 0 fully saturated rings. The maximum Gasteiger partial charge on any atom is 0 e. The number of rotatable bonds is 0. The first-order valence-corrected chi connectivity index (χ1v) is 14.0. The summed E-state index contributed by atoms with van der Waals surface area (Å²) in [5, 5.41) is 0. The van der Waals surface area contributed by atoms with E-state index < -0.39 is 0 Å². The molecule has 27 valence electrons. The van der Waals surface area contributed by atoms with Gasteiger partial charge in [-0.25, -0.2) is 0 Å². The predicted octanol–water partition coefficient (Wildman–Crippen LogP) is 2.27. The van der Waals surface area contributed by atoms with Gasteiger partial charge in [0.2, 0.25) is 0 Å². The van der Waals surface area contributed by atoms with Crippen molar-refractivity contribution in [2.24, 2.45) is 0 Å². The number of hydrogen-bond acceptors (Lipinski definition) is 0. The summed E-state index contributed by atoms with van der Waals surface area (Å²) in [6.45, 7) is 0. The van der Waals surface area contributed by atoms with Gasteiger partial charge in [0.25, 0.3) is 0 Å². The second kappa shape index (κ2) is 8.41. The Hall–Kier alpha value is 4.41. The maximum atomic E-state index is 2.46. The molecule has 0 aliphatic carbocycles. The molecule has 0 aromatic carbocycles. The van der Waals surface area contributed by atoms with E-state index in [1.165, 1.54) is 0 Å². The van der Waals surface area contributed by atoms with Crippen LogP contribution in [-0.4, -0.2) is 51.4 Å². The fraction of sp³-hybridized carbons (Fsp3) is 0. The van der Waals surface area contributed by atoms with E-state index in [4.69, 9.17) is 0 Å². The van der Waals surface area contributed by atoms with E-state index in [0.717, 1.165) is 0 Å². The molecule has 0 aliphatic rings. The first-order valence-electron chi connectivity index (χ1n) is 0.507. The summed E-state index contributed by atoms with van der Waals surface area (Å²) in [5.74, 6) is 0. The Morgan fingerprint density at radius 1 is 1.00 bits per heavy atom. The Balaban J connectivity index is 0. The summed E-state index contributed by atoms with van der Waals surface area (Å²) in [6.07, 6.45) is 0. The van der Waals surface area contributed by atoms with Crippen LogP contribution in [0, 0.1) is 0 Å². The molecule has 0 heterocycles. The second-order valence-corrected chi connectivity index (χ2v) is 35.6. The average molecular weight is 471 g/mol. The molecule has 0 bridgehead atoms. The van der Waals surface area contributed by atoms with Crippen molar-refractivity contribution in [2.75, 3.05) is 0 Å². The van der Waals surface area contributed by atoms with Crippen LogP contribution in [0.15, 0.2) is 0 Å². The molecule has 0 aromatic heterocycles. The molecule has 5 heteroatoms. The van der Waals surface area contributed by atoms with Crippen LogP contribution < -0.4 is 0 Å². The Kier molecular flexibility index (Phi) is 20.4. The molecule has 0 aliphatic heterocycles. The van der Waals surface area contributed by atoms with Gasteiger partial charge < -0.3 is 0 Å². The molecule has 0 nitrogen and oxygen atoms in total. The van der Waals surface area contributed by atoms with E-state index in [0.29, 0.717) is 0 Å². The summed E-state index contributed by atoms with van der Waals surface area (Å²) >= 11 is 7.39. The van der Waals surface area contributed by atoms with Crippen molar-refractivity contribution < 1.29 is 4.92 Å². The molecule has 5 heavy (non-hydrogen) atoms. The maximum absolute atomic E-state index is 2.46. The van der Waals surface area contributed by atoms with Crippen molar-refractivity contribution in [3.8, 4) is 0 Å². The zero-order valence-corrected chi connectivity index (χ0v) is 13.6. The zero-order valence-electron chi connectivity index (χ0n) is 2.58. The van der Waals surface area contributed by atoms with Crippen molar-refractivity contribution in [1.82, 2.24) is 0 Å². The van der Waals surface area contributed by atoms with Gasteiger partial charge in [-0.1, -0.05) is 0 Å². The minimum Gasteiger partial charge on any atom is 0 e. The van der Waals surface area contributed by atoms with Crippen LogP contribution in [0.4, 0.5) is 0 Å². The van der Waals surface area contributed by atoms with Gasteiger partial charge in [0.1, 0.15) is 0 Å². The third-order valence-corrected chi connectivity index (χ3v) is 0. The van der Waals surface area contributed by atoms with E-state index in [9.17, 15) is 0 Å². The van der Waals surface area contributed by atoms with Crippen molar-refractivity contribution in [2.45, 2.75) is 0 Å². The van der Waals surface area contributed by atoms with E-state index >= 15 is 0 Å². The van der Waals surface area contributed by atoms with Gasteiger partial charge in [0.05, 0.1) is 0 Å². The second-order valence-electron chi connectivity index (χ2n) is 0.192. The molecule has 1 radical (unpaired) electrons. The zero-order chi connectivity index (χ0) is 3.58. The Morgan fingerprint density at radius 2 is 1.00 bits per heavy atom. The smallest absolute Gasteiger partial charge is 0 e. The molecule has 0 saturated carbocycles. The molecular weight excluding hydrogens is 471 g/mol. The topological polar surface area (TPSA) is 0 Å². The largest absolute Gasteiger partial charge is 0 e. The fourth-order valence-corrected chi connectivity index (χ4v) is 0. The van der Waals surface area contributed by atoms with Crippen LogP contribution in [0.2, 0.25) is 0 Å². The van der Waals surface area contributed by atoms with Crippen molar-refractivity contribution >= 4 is 111 Å². The third kappa shape index (κ3) is 17.8. The van der Waals surface area contributed by atoms with Crippen LogP contribution in [0.3, 0.4) is 0 Å². The minimum atomic E-state index is -0.278. The van der Waals surface area contributed by atoms with Crippen LogP contribution in [0.1, 0.15) is 0 Å². The first-order chi connectivity index (χ1) is 1.73. The van der Waals surface area contributed by atoms with E-state index in [-0.39, 0.29) is 56.3 Å². The standard InChI is InChI=1S/3HI.K.V/h3*1H;;/q;;;;+3/p-3. The summed E-state index contributed by atoms with van der Waals surface area (Å²) < 4.78 is 0. The SMILES string of the molecule is [I][V]([I])[I].[K]. The molecular formula is I3KV. The molecule has 0 atom stereocenters. The van der Waals surface area contributed by atoms with Gasteiger partial charge in [-0.3, -0.25) is 0 Å². The van der Waals surface area contributed by atoms with Gasteiger partial charge >= 0.3 is 64.9 Å². The van der Waals surface area contributed by atoms with Gasteiger partial charge in [0.15, 0.2) is 0 Å². The van der Waals surface area contributed by atoms with Gasteiger partial charge in [-0.15, -0.1) is 0 Å². The monoisotopic (exact) mass is 471 g/mol. The molecule has 0 amide bonds. The molecule has 0 aromatic rings. The first kappa shape index (κ1) is 12.1. The van der Waals surface area contributed by atoms with E-state index in [1.54, 1.807) is 0 Å². The van der Waals surface area contributed by atoms with Crippen molar-refractivity contribution in [1.29, 1.82) is 0 Å². The Labute approximate surface area is 112 Å². The molecule has 0 saturated heterocycles.